The Balaban J connectivity index is 1.35. The van der Waals surface area contributed by atoms with Crippen LogP contribution in [-0.2, 0) is 11.3 Å². The van der Waals surface area contributed by atoms with Crippen LogP contribution in [0.15, 0.2) is 35.4 Å². The van der Waals surface area contributed by atoms with E-state index in [1.165, 1.54) is 4.52 Å². The second kappa shape index (κ2) is 6.78. The van der Waals surface area contributed by atoms with E-state index in [1.807, 2.05) is 28.8 Å². The van der Waals surface area contributed by atoms with E-state index in [1.54, 1.807) is 18.3 Å². The summed E-state index contributed by atoms with van der Waals surface area (Å²) < 4.78 is 3.24. The van der Waals surface area contributed by atoms with Crippen molar-refractivity contribution in [3.05, 3.63) is 52.3 Å². The van der Waals surface area contributed by atoms with Crippen molar-refractivity contribution in [3.8, 4) is 0 Å². The molecule has 0 radical (unpaired) electrons. The zero-order valence-corrected chi connectivity index (χ0v) is 14.8. The van der Waals surface area contributed by atoms with Crippen molar-refractivity contribution >= 4 is 11.6 Å². The second-order valence-corrected chi connectivity index (χ2v) is 6.80. The summed E-state index contributed by atoms with van der Waals surface area (Å²) in [5.74, 6) is 0.381. The number of aromatic amines is 1. The molecule has 1 amide bonds. The van der Waals surface area contributed by atoms with Gasteiger partial charge in [-0.1, -0.05) is 0 Å². The Morgan fingerprint density at radius 2 is 2.12 bits per heavy atom. The monoisotopic (exact) mass is 354 g/mol. The van der Waals surface area contributed by atoms with Gasteiger partial charge in [-0.25, -0.2) is 9.50 Å². The first-order valence-corrected chi connectivity index (χ1v) is 8.95. The number of carbonyl (C=O) groups excluding carboxylic acids is 1. The average molecular weight is 354 g/mol. The van der Waals surface area contributed by atoms with Crippen molar-refractivity contribution in [1.29, 1.82) is 0 Å². The zero-order chi connectivity index (χ0) is 18.1. The Bertz CT molecular complexity index is 977. The van der Waals surface area contributed by atoms with E-state index in [0.717, 1.165) is 24.2 Å². The molecule has 1 aliphatic heterocycles. The first-order valence-electron chi connectivity index (χ1n) is 8.95. The third kappa shape index (κ3) is 3.26. The van der Waals surface area contributed by atoms with Crippen molar-refractivity contribution in [1.82, 2.24) is 29.3 Å². The number of amides is 1. The van der Waals surface area contributed by atoms with Crippen molar-refractivity contribution in [3.63, 3.8) is 0 Å². The van der Waals surface area contributed by atoms with Crippen LogP contribution in [0.1, 0.15) is 36.6 Å². The van der Waals surface area contributed by atoms with E-state index in [4.69, 9.17) is 0 Å². The molecular formula is C18H22N6O2. The molecule has 3 aromatic heterocycles. The van der Waals surface area contributed by atoms with Gasteiger partial charge in [-0.15, -0.1) is 0 Å². The molecule has 8 heteroatoms. The van der Waals surface area contributed by atoms with Gasteiger partial charge in [0.2, 0.25) is 5.91 Å². The van der Waals surface area contributed by atoms with E-state index in [-0.39, 0.29) is 17.4 Å². The quantitative estimate of drug-likeness (QED) is 0.765. The van der Waals surface area contributed by atoms with Crippen molar-refractivity contribution in [2.75, 3.05) is 13.1 Å². The molecule has 1 saturated heterocycles. The molecule has 0 atom stereocenters. The Morgan fingerprint density at radius 3 is 2.85 bits per heavy atom. The fourth-order valence-electron chi connectivity index (χ4n) is 3.54. The number of aromatic nitrogens is 5. The van der Waals surface area contributed by atoms with Crippen LogP contribution in [0.3, 0.4) is 0 Å². The zero-order valence-electron chi connectivity index (χ0n) is 14.8. The minimum Gasteiger partial charge on any atom is -0.343 e. The summed E-state index contributed by atoms with van der Waals surface area (Å²) in [7, 11) is 0. The Hall–Kier alpha value is -2.90. The lowest BCUT2D eigenvalue weighted by Gasteiger charge is -2.31. The predicted octanol–water partition coefficient (Wildman–Crippen LogP) is 1.32. The summed E-state index contributed by atoms with van der Waals surface area (Å²) in [6.07, 6.45) is 5.73. The van der Waals surface area contributed by atoms with E-state index < -0.39 is 0 Å². The van der Waals surface area contributed by atoms with Gasteiger partial charge in [-0.3, -0.25) is 19.4 Å². The van der Waals surface area contributed by atoms with Crippen LogP contribution >= 0.6 is 0 Å². The van der Waals surface area contributed by atoms with Gasteiger partial charge in [0, 0.05) is 56.5 Å². The minimum atomic E-state index is -0.0944. The minimum absolute atomic E-state index is 0.0944. The molecule has 0 aliphatic carbocycles. The van der Waals surface area contributed by atoms with Crippen LogP contribution in [0, 0.1) is 6.92 Å². The Kier molecular flexibility index (Phi) is 4.32. The molecule has 0 bridgehead atoms. The summed E-state index contributed by atoms with van der Waals surface area (Å²) in [6, 6.07) is 5.33. The van der Waals surface area contributed by atoms with Crippen LogP contribution < -0.4 is 5.56 Å². The van der Waals surface area contributed by atoms with Crippen LogP contribution in [0.2, 0.25) is 0 Å². The number of nitrogens with zero attached hydrogens (tertiary/aromatic N) is 5. The summed E-state index contributed by atoms with van der Waals surface area (Å²) in [5, 5.41) is 7.16. The molecule has 4 heterocycles. The SMILES string of the molecule is Cc1ccn(CCC(=O)N2CCC(c3cc(=O)n4[nH]ccc4n3)CC2)n1. The Labute approximate surface area is 150 Å². The molecule has 1 N–H and O–H groups in total. The molecule has 3 aromatic rings. The topological polar surface area (TPSA) is 88.3 Å². The predicted molar refractivity (Wildman–Crippen MR) is 95.9 cm³/mol. The first kappa shape index (κ1) is 16.6. The maximum atomic E-state index is 12.4. The van der Waals surface area contributed by atoms with Crippen LogP contribution in [0.5, 0.6) is 0 Å². The maximum absolute atomic E-state index is 12.4. The fourth-order valence-corrected chi connectivity index (χ4v) is 3.54. The standard InChI is InChI=1S/C18H22N6O2/c1-13-3-10-23(21-13)11-6-17(25)22-8-4-14(5-9-22)15-12-18(26)24-16(20-15)2-7-19-24/h2-3,7,10,12,14,19H,4-6,8-9,11H2,1H3. The van der Waals surface area contributed by atoms with Crippen molar-refractivity contribution in [2.45, 2.75) is 38.6 Å². The number of aryl methyl sites for hydroxylation is 2. The molecule has 0 unspecified atom stereocenters. The molecule has 0 aromatic carbocycles. The molecular weight excluding hydrogens is 332 g/mol. The third-order valence-electron chi connectivity index (χ3n) is 5.00. The molecule has 1 fully saturated rings. The van der Waals surface area contributed by atoms with Gasteiger partial charge in [-0.05, 0) is 25.8 Å². The summed E-state index contributed by atoms with van der Waals surface area (Å²) in [5.41, 5.74) is 2.33. The molecule has 4 rings (SSSR count). The van der Waals surface area contributed by atoms with Gasteiger partial charge in [0.25, 0.3) is 5.56 Å². The van der Waals surface area contributed by atoms with E-state index in [0.29, 0.717) is 31.7 Å². The van der Waals surface area contributed by atoms with Crippen LogP contribution in [0.25, 0.3) is 5.65 Å². The van der Waals surface area contributed by atoms with Crippen LogP contribution in [0.4, 0.5) is 0 Å². The smallest absolute Gasteiger partial charge is 0.272 e. The number of rotatable bonds is 4. The summed E-state index contributed by atoms with van der Waals surface area (Å²) in [4.78, 5) is 31.0. The van der Waals surface area contributed by atoms with Gasteiger partial charge in [-0.2, -0.15) is 5.10 Å². The van der Waals surface area contributed by atoms with Gasteiger partial charge in [0.15, 0.2) is 5.65 Å². The average Bonchev–Trinajstić information content (AvgIpc) is 3.29. The molecule has 0 saturated carbocycles. The van der Waals surface area contributed by atoms with Gasteiger partial charge in [0.05, 0.1) is 11.4 Å². The lowest BCUT2D eigenvalue weighted by molar-refractivity contribution is -0.132. The normalized spacial score (nSPS) is 15.7. The number of carbonyl (C=O) groups is 1. The highest BCUT2D eigenvalue weighted by atomic mass is 16.2. The third-order valence-corrected chi connectivity index (χ3v) is 5.00. The number of hydrogen-bond acceptors (Lipinski definition) is 4. The van der Waals surface area contributed by atoms with Gasteiger partial charge < -0.3 is 4.90 Å². The number of nitrogens with one attached hydrogen (secondary N) is 1. The number of piperidine rings is 1. The second-order valence-electron chi connectivity index (χ2n) is 6.80. The number of hydrogen-bond donors (Lipinski definition) is 1. The fraction of sp³-hybridized carbons (Fsp3) is 0.444. The first-order chi connectivity index (χ1) is 12.6. The van der Waals surface area contributed by atoms with Crippen molar-refractivity contribution in [2.24, 2.45) is 0 Å². The van der Waals surface area contributed by atoms with Gasteiger partial charge >= 0.3 is 0 Å². The largest absolute Gasteiger partial charge is 0.343 e. The van der Waals surface area contributed by atoms with Crippen LogP contribution in [-0.4, -0.2) is 48.3 Å². The number of H-pyrrole nitrogens is 1. The summed E-state index contributed by atoms with van der Waals surface area (Å²) in [6.45, 7) is 3.95. The van der Waals surface area contributed by atoms with Gasteiger partial charge in [0.1, 0.15) is 0 Å². The highest BCUT2D eigenvalue weighted by Crippen LogP contribution is 2.26. The maximum Gasteiger partial charge on any atom is 0.272 e. The molecule has 0 spiro atoms. The van der Waals surface area contributed by atoms with Crippen molar-refractivity contribution < 1.29 is 4.79 Å². The lowest BCUT2D eigenvalue weighted by atomic mass is 9.93. The highest BCUT2D eigenvalue weighted by molar-refractivity contribution is 5.76. The Morgan fingerprint density at radius 1 is 1.31 bits per heavy atom. The number of fused-ring (bicyclic) bond motifs is 1. The van der Waals surface area contributed by atoms with E-state index in [9.17, 15) is 9.59 Å². The van der Waals surface area contributed by atoms with E-state index >= 15 is 0 Å². The highest BCUT2D eigenvalue weighted by Gasteiger charge is 2.25. The molecule has 1 aliphatic rings. The lowest BCUT2D eigenvalue weighted by Crippen LogP contribution is -2.38. The molecule has 136 valence electrons. The van der Waals surface area contributed by atoms with E-state index in [2.05, 4.69) is 15.2 Å². The summed E-state index contributed by atoms with van der Waals surface area (Å²) >= 11 is 0. The molecule has 8 nitrogen and oxygen atoms in total. The molecule has 26 heavy (non-hydrogen) atoms. The number of likely N-dealkylation sites (tertiary alicyclic amines) is 1.